The second-order valence-electron chi connectivity index (χ2n) is 4.01. The van der Waals surface area contributed by atoms with Gasteiger partial charge in [-0.1, -0.05) is 23.4 Å². The standard InChI is InChI=1S/C12H11N7O2/c1-21-12-14-11(16-17-12)13-10(20)9-7-19(18-15-9)8-5-3-2-4-6-8/h2-7H,1H3,(H2,13,14,16,17,20). The van der Waals surface area contributed by atoms with E-state index < -0.39 is 5.91 Å². The first-order valence-corrected chi connectivity index (χ1v) is 6.02. The molecule has 9 nitrogen and oxygen atoms in total. The van der Waals surface area contributed by atoms with Crippen molar-refractivity contribution in [2.45, 2.75) is 0 Å². The Morgan fingerprint density at radius 1 is 1.33 bits per heavy atom. The van der Waals surface area contributed by atoms with Crippen molar-refractivity contribution < 1.29 is 9.53 Å². The molecule has 3 aromatic rings. The number of nitrogens with one attached hydrogen (secondary N) is 2. The summed E-state index contributed by atoms with van der Waals surface area (Å²) in [7, 11) is 1.43. The Morgan fingerprint density at radius 3 is 2.86 bits per heavy atom. The Hall–Kier alpha value is -3.23. The van der Waals surface area contributed by atoms with Crippen molar-refractivity contribution in [3.8, 4) is 11.7 Å². The summed E-state index contributed by atoms with van der Waals surface area (Å²) in [5, 5.41) is 16.5. The van der Waals surface area contributed by atoms with Gasteiger partial charge < -0.3 is 4.74 Å². The molecule has 0 unspecified atom stereocenters. The first kappa shape index (κ1) is 12.8. The van der Waals surface area contributed by atoms with Gasteiger partial charge in [-0.3, -0.25) is 10.1 Å². The highest BCUT2D eigenvalue weighted by Crippen LogP contribution is 2.08. The molecule has 0 aliphatic rings. The molecule has 0 atom stereocenters. The summed E-state index contributed by atoms with van der Waals surface area (Å²) < 4.78 is 6.32. The number of hydrogen-bond donors (Lipinski definition) is 2. The van der Waals surface area contributed by atoms with E-state index in [1.165, 1.54) is 18.0 Å². The van der Waals surface area contributed by atoms with Gasteiger partial charge in [-0.2, -0.15) is 4.98 Å². The number of ether oxygens (including phenoxy) is 1. The van der Waals surface area contributed by atoms with Crippen molar-refractivity contribution in [1.29, 1.82) is 0 Å². The molecule has 0 fully saturated rings. The molecule has 0 spiro atoms. The fourth-order valence-corrected chi connectivity index (χ4v) is 1.64. The molecular formula is C12H11N7O2. The van der Waals surface area contributed by atoms with E-state index in [0.717, 1.165) is 5.69 Å². The fraction of sp³-hybridized carbons (Fsp3) is 0.0833. The lowest BCUT2D eigenvalue weighted by Gasteiger charge is -1.97. The average molecular weight is 285 g/mol. The van der Waals surface area contributed by atoms with Crippen molar-refractivity contribution in [1.82, 2.24) is 30.2 Å². The summed E-state index contributed by atoms with van der Waals surface area (Å²) in [5.41, 5.74) is 0.972. The Bertz CT molecular complexity index is 750. The molecule has 0 radical (unpaired) electrons. The third-order valence-electron chi connectivity index (χ3n) is 2.63. The highest BCUT2D eigenvalue weighted by Gasteiger charge is 2.14. The van der Waals surface area contributed by atoms with Crippen molar-refractivity contribution in [3.05, 3.63) is 42.2 Å². The van der Waals surface area contributed by atoms with Crippen LogP contribution in [0.1, 0.15) is 10.5 Å². The van der Waals surface area contributed by atoms with Crippen LogP contribution >= 0.6 is 0 Å². The summed E-state index contributed by atoms with van der Waals surface area (Å²) in [5.74, 6) is -0.276. The smallest absolute Gasteiger partial charge is 0.336 e. The van der Waals surface area contributed by atoms with Crippen LogP contribution in [0.3, 0.4) is 0 Å². The first-order chi connectivity index (χ1) is 10.3. The molecule has 2 N–H and O–H groups in total. The van der Waals surface area contributed by atoms with Crippen LogP contribution in [0.5, 0.6) is 6.01 Å². The highest BCUT2D eigenvalue weighted by atomic mass is 16.5. The largest absolute Gasteiger partial charge is 0.466 e. The third-order valence-corrected chi connectivity index (χ3v) is 2.63. The van der Waals surface area contributed by atoms with Gasteiger partial charge in [0.2, 0.25) is 5.95 Å². The summed E-state index contributed by atoms with van der Waals surface area (Å²) in [4.78, 5) is 15.9. The van der Waals surface area contributed by atoms with E-state index in [0.29, 0.717) is 0 Å². The molecule has 0 aliphatic carbocycles. The molecule has 2 heterocycles. The molecule has 9 heteroatoms. The fourth-order valence-electron chi connectivity index (χ4n) is 1.64. The molecule has 2 aromatic heterocycles. The quantitative estimate of drug-likeness (QED) is 0.728. The van der Waals surface area contributed by atoms with Gasteiger partial charge in [0.1, 0.15) is 0 Å². The number of amides is 1. The maximum Gasteiger partial charge on any atom is 0.336 e. The Labute approximate surface area is 119 Å². The average Bonchev–Trinajstić information content (AvgIpc) is 3.17. The van der Waals surface area contributed by atoms with E-state index in [1.807, 2.05) is 30.3 Å². The van der Waals surface area contributed by atoms with E-state index >= 15 is 0 Å². The number of carbonyl (C=O) groups is 1. The molecule has 106 valence electrons. The SMILES string of the molecule is COc1n[nH]c(NC(=O)c2cn(-c3ccccc3)nn2)n1. The number of nitrogens with zero attached hydrogens (tertiary/aromatic N) is 5. The second-order valence-corrected chi connectivity index (χ2v) is 4.01. The van der Waals surface area contributed by atoms with Crippen LogP contribution in [0.2, 0.25) is 0 Å². The second kappa shape index (κ2) is 5.41. The summed E-state index contributed by atoms with van der Waals surface area (Å²) in [6.45, 7) is 0. The Kier molecular flexibility index (Phi) is 3.29. The molecule has 0 saturated carbocycles. The predicted molar refractivity (Wildman–Crippen MR) is 72.2 cm³/mol. The number of rotatable bonds is 4. The number of carbonyl (C=O) groups excluding carboxylic acids is 1. The number of para-hydroxylation sites is 1. The van der Waals surface area contributed by atoms with Gasteiger partial charge in [0.25, 0.3) is 5.91 Å². The molecule has 3 rings (SSSR count). The summed E-state index contributed by atoms with van der Waals surface area (Å²) in [6.07, 6.45) is 1.53. The minimum atomic E-state index is -0.448. The lowest BCUT2D eigenvalue weighted by atomic mass is 10.3. The van der Waals surface area contributed by atoms with Gasteiger partial charge in [-0.15, -0.1) is 10.2 Å². The molecule has 21 heavy (non-hydrogen) atoms. The van der Waals surface area contributed by atoms with Crippen LogP contribution in [0.15, 0.2) is 36.5 Å². The molecule has 0 bridgehead atoms. The van der Waals surface area contributed by atoms with Crippen LogP contribution in [0.4, 0.5) is 5.95 Å². The van der Waals surface area contributed by atoms with Gasteiger partial charge in [0.05, 0.1) is 19.0 Å². The lowest BCUT2D eigenvalue weighted by molar-refractivity contribution is 0.102. The van der Waals surface area contributed by atoms with E-state index in [-0.39, 0.29) is 17.7 Å². The topological polar surface area (TPSA) is 111 Å². The van der Waals surface area contributed by atoms with Gasteiger partial charge in [-0.25, -0.2) is 9.78 Å². The van der Waals surface area contributed by atoms with Crippen LogP contribution in [-0.4, -0.2) is 43.2 Å². The van der Waals surface area contributed by atoms with Gasteiger partial charge >= 0.3 is 6.01 Å². The van der Waals surface area contributed by atoms with Crippen LogP contribution in [-0.2, 0) is 0 Å². The minimum absolute atomic E-state index is 0.137. The first-order valence-electron chi connectivity index (χ1n) is 6.02. The van der Waals surface area contributed by atoms with Crippen LogP contribution < -0.4 is 10.1 Å². The number of anilines is 1. The summed E-state index contributed by atoms with van der Waals surface area (Å²) >= 11 is 0. The number of hydrogen-bond acceptors (Lipinski definition) is 6. The molecule has 0 saturated heterocycles. The highest BCUT2D eigenvalue weighted by molar-refractivity contribution is 6.01. The zero-order chi connectivity index (χ0) is 14.7. The summed E-state index contributed by atoms with van der Waals surface area (Å²) in [6, 6.07) is 9.49. The number of benzene rings is 1. The lowest BCUT2D eigenvalue weighted by Crippen LogP contribution is -2.13. The van der Waals surface area contributed by atoms with E-state index in [1.54, 1.807) is 0 Å². The number of aromatic amines is 1. The normalized spacial score (nSPS) is 10.3. The van der Waals surface area contributed by atoms with Crippen molar-refractivity contribution in [3.63, 3.8) is 0 Å². The van der Waals surface area contributed by atoms with Crippen molar-refractivity contribution in [2.75, 3.05) is 12.4 Å². The van der Waals surface area contributed by atoms with E-state index in [4.69, 9.17) is 4.74 Å². The molecule has 1 aromatic carbocycles. The number of H-pyrrole nitrogens is 1. The van der Waals surface area contributed by atoms with E-state index in [9.17, 15) is 4.79 Å². The van der Waals surface area contributed by atoms with Gasteiger partial charge in [0.15, 0.2) is 5.69 Å². The minimum Gasteiger partial charge on any atom is -0.466 e. The number of aromatic nitrogens is 6. The molecule has 0 aliphatic heterocycles. The molecule has 1 amide bonds. The van der Waals surface area contributed by atoms with Gasteiger partial charge in [-0.05, 0) is 12.1 Å². The predicted octanol–water partition coefficient (Wildman–Crippen LogP) is 0.646. The Balaban J connectivity index is 1.75. The van der Waals surface area contributed by atoms with Gasteiger partial charge in [0, 0.05) is 0 Å². The third kappa shape index (κ3) is 2.71. The number of methoxy groups -OCH3 is 1. The molecular weight excluding hydrogens is 274 g/mol. The zero-order valence-electron chi connectivity index (χ0n) is 11.0. The maximum atomic E-state index is 12.0. The van der Waals surface area contributed by atoms with Crippen LogP contribution in [0, 0.1) is 0 Å². The monoisotopic (exact) mass is 285 g/mol. The Morgan fingerprint density at radius 2 is 2.14 bits per heavy atom. The van der Waals surface area contributed by atoms with Crippen LogP contribution in [0.25, 0.3) is 5.69 Å². The van der Waals surface area contributed by atoms with Crippen molar-refractivity contribution in [2.24, 2.45) is 0 Å². The van der Waals surface area contributed by atoms with E-state index in [2.05, 4.69) is 30.8 Å². The van der Waals surface area contributed by atoms with Crippen molar-refractivity contribution >= 4 is 11.9 Å². The maximum absolute atomic E-state index is 12.0. The zero-order valence-corrected chi connectivity index (χ0v) is 11.0.